The van der Waals surface area contributed by atoms with Crippen molar-refractivity contribution in [3.8, 4) is 11.1 Å². The minimum atomic E-state index is -2.17. The second-order valence-electron chi connectivity index (χ2n) is 3.95. The summed E-state index contributed by atoms with van der Waals surface area (Å²) in [7, 11) is 0. The first-order valence-electron chi connectivity index (χ1n) is 5.36. The van der Waals surface area contributed by atoms with E-state index in [0.717, 1.165) is 0 Å². The van der Waals surface area contributed by atoms with Crippen molar-refractivity contribution >= 4 is 21.6 Å². The van der Waals surface area contributed by atoms with E-state index in [4.69, 9.17) is 0 Å². The Labute approximate surface area is 113 Å². The Hall–Kier alpha value is -2.02. The van der Waals surface area contributed by atoms with Crippen molar-refractivity contribution in [2.24, 2.45) is 0 Å². The van der Waals surface area contributed by atoms with Gasteiger partial charge in [0.15, 0.2) is 23.3 Å². The Balaban J connectivity index is 2.44. The highest BCUT2D eigenvalue weighted by Gasteiger charge is 2.27. The van der Waals surface area contributed by atoms with Crippen LogP contribution in [-0.2, 0) is 0 Å². The van der Waals surface area contributed by atoms with Gasteiger partial charge in [-0.05, 0) is 6.07 Å². The molecule has 20 heavy (non-hydrogen) atoms. The zero-order chi connectivity index (χ0) is 14.4. The van der Waals surface area contributed by atoms with Gasteiger partial charge >= 0.3 is 0 Å². The van der Waals surface area contributed by atoms with Crippen LogP contribution in [0.4, 0.5) is 22.0 Å². The molecule has 0 spiro atoms. The smallest absolute Gasteiger partial charge is 0.200 e. The number of nitrogens with zero attached hydrogens (tertiary/aromatic N) is 1. The first kappa shape index (κ1) is 13.0. The summed E-state index contributed by atoms with van der Waals surface area (Å²) in [5.41, 5.74) is 0.537. The maximum absolute atomic E-state index is 13.8. The molecular weight excluding hydrogens is 297 g/mol. The van der Waals surface area contributed by atoms with E-state index < -0.39 is 34.6 Å². The lowest BCUT2D eigenvalue weighted by Crippen LogP contribution is -2.04. The quantitative estimate of drug-likeness (QED) is 0.362. The Morgan fingerprint density at radius 3 is 2.05 bits per heavy atom. The lowest BCUT2D eigenvalue weighted by atomic mass is 10.0. The van der Waals surface area contributed by atoms with Crippen LogP contribution in [0.25, 0.3) is 21.3 Å². The maximum atomic E-state index is 13.8. The molecule has 1 aromatic heterocycles. The molecule has 7 heteroatoms. The summed E-state index contributed by atoms with van der Waals surface area (Å²) in [5.74, 6) is -9.82. The fraction of sp³-hybridized carbons (Fsp3) is 0. The third-order valence-electron chi connectivity index (χ3n) is 2.84. The molecule has 0 aliphatic rings. The number of halogens is 5. The Morgan fingerprint density at radius 1 is 0.800 bits per heavy atom. The van der Waals surface area contributed by atoms with Gasteiger partial charge in [-0.2, -0.15) is 0 Å². The number of thiazole rings is 1. The molecule has 0 amide bonds. The van der Waals surface area contributed by atoms with E-state index in [1.54, 1.807) is 6.07 Å². The summed E-state index contributed by atoms with van der Waals surface area (Å²) in [6.45, 7) is 0. The predicted octanol–water partition coefficient (Wildman–Crippen LogP) is 4.66. The molecule has 0 N–H and O–H groups in total. The van der Waals surface area contributed by atoms with E-state index in [0.29, 0.717) is 4.70 Å². The zero-order valence-corrected chi connectivity index (χ0v) is 10.4. The number of fused-ring (bicyclic) bond motifs is 1. The van der Waals surface area contributed by atoms with Crippen LogP contribution in [0.3, 0.4) is 0 Å². The molecule has 3 rings (SSSR count). The predicted molar refractivity (Wildman–Crippen MR) is 64.8 cm³/mol. The maximum Gasteiger partial charge on any atom is 0.200 e. The van der Waals surface area contributed by atoms with E-state index in [2.05, 4.69) is 4.98 Å². The Bertz CT molecular complexity index is 798. The molecule has 102 valence electrons. The second kappa shape index (κ2) is 4.52. The molecule has 0 unspecified atom stereocenters. The standard InChI is InChI=1S/C13H4F5NS/c14-8-7(9(15)11(17)12(18)10(8)16)5-2-1-3-6-13(5)19-4-20-6/h1-4H. The minimum absolute atomic E-state index is 0.128. The summed E-state index contributed by atoms with van der Waals surface area (Å²) in [6.07, 6.45) is 0. The van der Waals surface area contributed by atoms with Crippen molar-refractivity contribution in [2.45, 2.75) is 0 Å². The summed E-state index contributed by atoms with van der Waals surface area (Å²) >= 11 is 1.20. The van der Waals surface area contributed by atoms with Crippen LogP contribution in [0.2, 0.25) is 0 Å². The van der Waals surface area contributed by atoms with Gasteiger partial charge in [0.25, 0.3) is 0 Å². The molecule has 0 saturated carbocycles. The van der Waals surface area contributed by atoms with E-state index >= 15 is 0 Å². The number of rotatable bonds is 1. The Kier molecular flexibility index (Phi) is 2.93. The summed E-state index contributed by atoms with van der Waals surface area (Å²) in [5, 5.41) is 0. The Morgan fingerprint density at radius 2 is 1.40 bits per heavy atom. The monoisotopic (exact) mass is 301 g/mol. The van der Waals surface area contributed by atoms with Crippen molar-refractivity contribution in [3.05, 3.63) is 52.8 Å². The third-order valence-corrected chi connectivity index (χ3v) is 3.63. The van der Waals surface area contributed by atoms with Gasteiger partial charge in [0, 0.05) is 5.56 Å². The van der Waals surface area contributed by atoms with Crippen molar-refractivity contribution in [1.29, 1.82) is 0 Å². The SMILES string of the molecule is Fc1c(F)c(F)c(-c2cccc3scnc23)c(F)c1F. The topological polar surface area (TPSA) is 12.9 Å². The molecule has 0 saturated heterocycles. The largest absolute Gasteiger partial charge is 0.244 e. The van der Waals surface area contributed by atoms with Crippen LogP contribution in [0.1, 0.15) is 0 Å². The van der Waals surface area contributed by atoms with Gasteiger partial charge < -0.3 is 0 Å². The number of benzene rings is 2. The molecule has 2 aromatic carbocycles. The average molecular weight is 301 g/mol. The number of para-hydroxylation sites is 1. The molecule has 0 radical (unpaired) electrons. The fourth-order valence-electron chi connectivity index (χ4n) is 1.93. The molecule has 0 aliphatic carbocycles. The highest BCUT2D eigenvalue weighted by molar-refractivity contribution is 7.16. The highest BCUT2D eigenvalue weighted by Crippen LogP contribution is 2.35. The van der Waals surface area contributed by atoms with Gasteiger partial charge in [-0.3, -0.25) is 0 Å². The van der Waals surface area contributed by atoms with Crippen LogP contribution < -0.4 is 0 Å². The number of aromatic nitrogens is 1. The molecule has 0 atom stereocenters. The minimum Gasteiger partial charge on any atom is -0.244 e. The van der Waals surface area contributed by atoms with Gasteiger partial charge in [0.05, 0.1) is 21.3 Å². The summed E-state index contributed by atoms with van der Waals surface area (Å²) in [6, 6.07) is 4.37. The van der Waals surface area contributed by atoms with Gasteiger partial charge in [-0.1, -0.05) is 12.1 Å². The van der Waals surface area contributed by atoms with Crippen molar-refractivity contribution in [3.63, 3.8) is 0 Å². The van der Waals surface area contributed by atoms with Crippen molar-refractivity contribution in [1.82, 2.24) is 4.98 Å². The molecule has 3 aromatic rings. The van der Waals surface area contributed by atoms with Gasteiger partial charge in [0.2, 0.25) is 5.82 Å². The van der Waals surface area contributed by atoms with Gasteiger partial charge in [-0.25, -0.2) is 26.9 Å². The molecule has 0 fully saturated rings. The van der Waals surface area contributed by atoms with E-state index in [1.165, 1.54) is 29.0 Å². The second-order valence-corrected chi connectivity index (χ2v) is 4.84. The summed E-state index contributed by atoms with van der Waals surface area (Å²) < 4.78 is 67.6. The molecular formula is C13H4F5NS. The first-order chi connectivity index (χ1) is 9.52. The summed E-state index contributed by atoms with van der Waals surface area (Å²) in [4.78, 5) is 3.91. The fourth-order valence-corrected chi connectivity index (χ4v) is 2.63. The average Bonchev–Trinajstić information content (AvgIpc) is 2.92. The third kappa shape index (κ3) is 1.70. The molecule has 0 bridgehead atoms. The van der Waals surface area contributed by atoms with E-state index in [-0.39, 0.29) is 11.1 Å². The number of hydrogen-bond donors (Lipinski definition) is 0. The van der Waals surface area contributed by atoms with E-state index in [1.807, 2.05) is 0 Å². The highest BCUT2D eigenvalue weighted by atomic mass is 32.1. The lowest BCUT2D eigenvalue weighted by molar-refractivity contribution is 0.381. The van der Waals surface area contributed by atoms with Crippen molar-refractivity contribution in [2.75, 3.05) is 0 Å². The van der Waals surface area contributed by atoms with Crippen LogP contribution >= 0.6 is 11.3 Å². The van der Waals surface area contributed by atoms with Crippen molar-refractivity contribution < 1.29 is 22.0 Å². The lowest BCUT2D eigenvalue weighted by Gasteiger charge is -2.08. The first-order valence-corrected chi connectivity index (χ1v) is 6.24. The molecule has 1 heterocycles. The molecule has 0 aliphatic heterocycles. The van der Waals surface area contributed by atoms with Gasteiger partial charge in [-0.15, -0.1) is 11.3 Å². The normalized spacial score (nSPS) is 11.2. The van der Waals surface area contributed by atoms with Gasteiger partial charge in [0.1, 0.15) is 0 Å². The zero-order valence-electron chi connectivity index (χ0n) is 9.55. The number of hydrogen-bond acceptors (Lipinski definition) is 2. The van der Waals surface area contributed by atoms with Crippen LogP contribution in [0, 0.1) is 29.1 Å². The van der Waals surface area contributed by atoms with Crippen LogP contribution in [0.15, 0.2) is 23.7 Å². The van der Waals surface area contributed by atoms with Crippen LogP contribution in [0.5, 0.6) is 0 Å². The molecule has 1 nitrogen and oxygen atoms in total. The van der Waals surface area contributed by atoms with E-state index in [9.17, 15) is 22.0 Å². The van der Waals surface area contributed by atoms with Crippen LogP contribution in [-0.4, -0.2) is 4.98 Å².